The van der Waals surface area contributed by atoms with Crippen LogP contribution in [0.5, 0.6) is 0 Å². The number of rotatable bonds is 4. The summed E-state index contributed by atoms with van der Waals surface area (Å²) in [7, 11) is 2.05. The van der Waals surface area contributed by atoms with Gasteiger partial charge in [0.05, 0.1) is 18.0 Å². The Bertz CT molecular complexity index is 2320. The standard InChI is InChI=1S/C38H26F2N3O/c1-23-20-33-29(35-30(39)22-34(40)41-37(35)44-33)21-28(23)38-42(2)31-18-9-10-19-32(31)43(38)36-26(24-12-5-3-6-13-24)16-11-17-27(36)25-14-7-4-8-15-25/h3-22H,1-2H3/q+1. The van der Waals surface area contributed by atoms with Crippen molar-refractivity contribution in [2.45, 2.75) is 6.92 Å². The normalized spacial score (nSPS) is 11.6. The van der Waals surface area contributed by atoms with E-state index in [1.807, 2.05) is 43.3 Å². The highest BCUT2D eigenvalue weighted by molar-refractivity contribution is 6.06. The number of furan rings is 1. The first-order chi connectivity index (χ1) is 21.5. The zero-order valence-corrected chi connectivity index (χ0v) is 24.1. The Morgan fingerprint density at radius 3 is 2.02 bits per heavy atom. The van der Waals surface area contributed by atoms with Crippen LogP contribution >= 0.6 is 0 Å². The number of aromatic nitrogens is 3. The van der Waals surface area contributed by atoms with Crippen LogP contribution in [0, 0.1) is 18.7 Å². The number of para-hydroxylation sites is 3. The van der Waals surface area contributed by atoms with Crippen LogP contribution in [0.1, 0.15) is 5.56 Å². The Morgan fingerprint density at radius 1 is 0.705 bits per heavy atom. The smallest absolute Gasteiger partial charge is 0.295 e. The van der Waals surface area contributed by atoms with Crippen molar-refractivity contribution in [1.82, 2.24) is 9.55 Å². The zero-order valence-electron chi connectivity index (χ0n) is 24.1. The molecular formula is C38H26F2N3O+. The Kier molecular flexibility index (Phi) is 5.91. The van der Waals surface area contributed by atoms with Crippen LogP contribution in [-0.4, -0.2) is 9.55 Å². The molecule has 0 bridgehead atoms. The molecule has 0 saturated carbocycles. The highest BCUT2D eigenvalue weighted by Crippen LogP contribution is 2.41. The quantitative estimate of drug-likeness (QED) is 0.154. The fourth-order valence-electron chi connectivity index (χ4n) is 6.42. The molecule has 0 atom stereocenters. The van der Waals surface area contributed by atoms with Crippen molar-refractivity contribution < 1.29 is 17.8 Å². The van der Waals surface area contributed by atoms with E-state index in [1.165, 1.54) is 0 Å². The topological polar surface area (TPSA) is 34.8 Å². The first-order valence-electron chi connectivity index (χ1n) is 14.4. The number of imidazole rings is 1. The molecule has 0 aliphatic rings. The molecule has 0 fully saturated rings. The Balaban J connectivity index is 1.53. The van der Waals surface area contributed by atoms with E-state index in [4.69, 9.17) is 4.42 Å². The van der Waals surface area contributed by atoms with Crippen LogP contribution in [0.2, 0.25) is 0 Å². The summed E-state index contributed by atoms with van der Waals surface area (Å²) in [6.45, 7) is 2.01. The van der Waals surface area contributed by atoms with E-state index >= 15 is 4.39 Å². The summed E-state index contributed by atoms with van der Waals surface area (Å²) >= 11 is 0. The molecule has 0 N–H and O–H groups in total. The van der Waals surface area contributed by atoms with Crippen LogP contribution in [0.4, 0.5) is 8.78 Å². The molecule has 0 amide bonds. The van der Waals surface area contributed by atoms with Gasteiger partial charge < -0.3 is 4.42 Å². The second kappa shape index (κ2) is 9.99. The molecule has 3 heterocycles. The molecule has 8 aromatic rings. The summed E-state index contributed by atoms with van der Waals surface area (Å²) in [5.41, 5.74) is 9.65. The van der Waals surface area contributed by atoms with Crippen molar-refractivity contribution in [3.05, 3.63) is 139 Å². The molecule has 4 nitrogen and oxygen atoms in total. The van der Waals surface area contributed by atoms with Crippen LogP contribution < -0.4 is 4.57 Å². The summed E-state index contributed by atoms with van der Waals surface area (Å²) in [5.74, 6) is -0.703. The van der Waals surface area contributed by atoms with Gasteiger partial charge in [-0.15, -0.1) is 0 Å². The van der Waals surface area contributed by atoms with Crippen molar-refractivity contribution >= 4 is 33.1 Å². The van der Waals surface area contributed by atoms with E-state index in [9.17, 15) is 4.39 Å². The molecule has 3 aromatic heterocycles. The monoisotopic (exact) mass is 578 g/mol. The lowest BCUT2D eigenvalue weighted by molar-refractivity contribution is -0.633. The number of hydrogen-bond acceptors (Lipinski definition) is 2. The molecule has 0 saturated heterocycles. The van der Waals surface area contributed by atoms with E-state index in [2.05, 4.69) is 100 Å². The van der Waals surface area contributed by atoms with Gasteiger partial charge in [-0.05, 0) is 47.9 Å². The first kappa shape index (κ1) is 26.0. The summed E-state index contributed by atoms with van der Waals surface area (Å²) in [4.78, 5) is 3.83. The van der Waals surface area contributed by atoms with Gasteiger partial charge in [-0.25, -0.2) is 8.96 Å². The summed E-state index contributed by atoms with van der Waals surface area (Å²) in [5, 5.41) is 0.713. The maximum atomic E-state index is 15.2. The maximum Gasteiger partial charge on any atom is 0.295 e. The van der Waals surface area contributed by atoms with Crippen molar-refractivity contribution in [2.24, 2.45) is 7.05 Å². The number of nitrogens with zero attached hydrogens (tertiary/aromatic N) is 3. The van der Waals surface area contributed by atoms with Gasteiger partial charge in [-0.2, -0.15) is 13.9 Å². The van der Waals surface area contributed by atoms with Gasteiger partial charge in [0.2, 0.25) is 11.7 Å². The third kappa shape index (κ3) is 3.95. The Labute approximate surface area is 252 Å². The Hall–Kier alpha value is -5.62. The fraction of sp³-hybridized carbons (Fsp3) is 0.0526. The van der Waals surface area contributed by atoms with Gasteiger partial charge in [-0.3, -0.25) is 0 Å². The average Bonchev–Trinajstić information content (AvgIpc) is 3.54. The lowest BCUT2D eigenvalue weighted by Gasteiger charge is -2.15. The minimum atomic E-state index is -0.913. The van der Waals surface area contributed by atoms with Gasteiger partial charge in [0.15, 0.2) is 11.0 Å². The fourth-order valence-corrected chi connectivity index (χ4v) is 6.42. The third-order valence-corrected chi connectivity index (χ3v) is 8.39. The summed E-state index contributed by atoms with van der Waals surface area (Å²) < 4.78 is 39.5. The van der Waals surface area contributed by atoms with E-state index in [0.29, 0.717) is 11.0 Å². The number of aryl methyl sites for hydroxylation is 2. The second-order valence-electron chi connectivity index (χ2n) is 11.0. The lowest BCUT2D eigenvalue weighted by atomic mass is 9.95. The number of benzene rings is 5. The number of halogens is 2. The molecule has 212 valence electrons. The predicted molar refractivity (Wildman–Crippen MR) is 170 cm³/mol. The highest BCUT2D eigenvalue weighted by atomic mass is 19.1. The minimum Gasteiger partial charge on any atom is -0.437 e. The molecule has 8 rings (SSSR count). The minimum absolute atomic E-state index is 0.0558. The molecule has 0 radical (unpaired) electrons. The van der Waals surface area contributed by atoms with E-state index in [1.54, 1.807) is 0 Å². The predicted octanol–water partition coefficient (Wildman–Crippen LogP) is 9.34. The Morgan fingerprint density at radius 2 is 1.34 bits per heavy atom. The van der Waals surface area contributed by atoms with Gasteiger partial charge in [0.25, 0.3) is 5.82 Å². The number of pyridine rings is 1. The highest BCUT2D eigenvalue weighted by Gasteiger charge is 2.31. The van der Waals surface area contributed by atoms with Crippen molar-refractivity contribution in [2.75, 3.05) is 0 Å². The van der Waals surface area contributed by atoms with Crippen LogP contribution in [0.3, 0.4) is 0 Å². The SMILES string of the molecule is Cc1cc2oc3nc(F)cc(F)c3c2cc1-c1n(-c2c(-c3ccccc3)cccc2-c2ccccc2)c2ccccc2[n+]1C. The van der Waals surface area contributed by atoms with Gasteiger partial charge in [-0.1, -0.05) is 91.0 Å². The van der Waals surface area contributed by atoms with Gasteiger partial charge >= 0.3 is 0 Å². The average molecular weight is 579 g/mol. The molecule has 0 spiro atoms. The largest absolute Gasteiger partial charge is 0.437 e. The van der Waals surface area contributed by atoms with Crippen molar-refractivity contribution in [3.63, 3.8) is 0 Å². The van der Waals surface area contributed by atoms with Crippen molar-refractivity contribution in [3.8, 4) is 39.3 Å². The maximum absolute atomic E-state index is 15.2. The molecule has 6 heteroatoms. The number of fused-ring (bicyclic) bond motifs is 4. The summed E-state index contributed by atoms with van der Waals surface area (Å²) in [6.07, 6.45) is 0. The second-order valence-corrected chi connectivity index (χ2v) is 11.0. The molecular weight excluding hydrogens is 552 g/mol. The van der Waals surface area contributed by atoms with E-state index in [0.717, 1.165) is 62.0 Å². The van der Waals surface area contributed by atoms with E-state index in [-0.39, 0.29) is 11.1 Å². The summed E-state index contributed by atoms with van der Waals surface area (Å²) in [6, 6.07) is 40.1. The molecule has 5 aromatic carbocycles. The van der Waals surface area contributed by atoms with Gasteiger partial charge in [0.1, 0.15) is 17.1 Å². The molecule has 0 unspecified atom stereocenters. The van der Waals surface area contributed by atoms with Crippen LogP contribution in [-0.2, 0) is 7.05 Å². The van der Waals surface area contributed by atoms with Crippen LogP contribution in [0.25, 0.3) is 72.4 Å². The van der Waals surface area contributed by atoms with Crippen LogP contribution in [0.15, 0.2) is 126 Å². The molecule has 0 aliphatic heterocycles. The molecule has 44 heavy (non-hydrogen) atoms. The van der Waals surface area contributed by atoms with E-state index < -0.39 is 11.8 Å². The van der Waals surface area contributed by atoms with Crippen molar-refractivity contribution in [1.29, 1.82) is 0 Å². The third-order valence-electron chi connectivity index (χ3n) is 8.39. The zero-order chi connectivity index (χ0) is 29.9. The first-order valence-corrected chi connectivity index (χ1v) is 14.4. The van der Waals surface area contributed by atoms with Gasteiger partial charge in [0, 0.05) is 22.6 Å². The lowest BCUT2D eigenvalue weighted by Crippen LogP contribution is -2.30. The molecule has 0 aliphatic carbocycles. The number of hydrogen-bond donors (Lipinski definition) is 0.